The SMILES string of the molecule is Cc1ccc(OCCNC(N)=NCCc2cccs2)cc1. The van der Waals surface area contributed by atoms with E-state index in [0.717, 1.165) is 12.2 Å². The Labute approximate surface area is 129 Å². The van der Waals surface area contributed by atoms with Gasteiger partial charge < -0.3 is 15.8 Å². The number of ether oxygens (including phenoxy) is 1. The molecule has 112 valence electrons. The van der Waals surface area contributed by atoms with Gasteiger partial charge in [-0.1, -0.05) is 23.8 Å². The first kappa shape index (κ1) is 15.4. The lowest BCUT2D eigenvalue weighted by Gasteiger charge is -2.08. The maximum atomic E-state index is 5.80. The quantitative estimate of drug-likeness (QED) is 0.469. The molecule has 0 saturated carbocycles. The standard InChI is InChI=1S/C16H21N3OS/c1-13-4-6-14(7-5-13)20-11-10-19-16(17)18-9-8-15-3-2-12-21-15/h2-7,12H,8-11H2,1H3,(H3,17,18,19). The first-order valence-corrected chi connectivity index (χ1v) is 7.87. The molecule has 0 fully saturated rings. The molecular formula is C16H21N3OS. The van der Waals surface area contributed by atoms with E-state index in [1.165, 1.54) is 10.4 Å². The average Bonchev–Trinajstić information content (AvgIpc) is 2.99. The molecule has 3 N–H and O–H groups in total. The highest BCUT2D eigenvalue weighted by Gasteiger charge is 1.96. The molecule has 0 aliphatic carbocycles. The molecule has 0 spiro atoms. The number of rotatable bonds is 7. The normalized spacial score (nSPS) is 11.4. The minimum atomic E-state index is 0.471. The summed E-state index contributed by atoms with van der Waals surface area (Å²) in [6.07, 6.45) is 0.930. The zero-order valence-electron chi connectivity index (χ0n) is 12.2. The summed E-state index contributed by atoms with van der Waals surface area (Å²) in [7, 11) is 0. The predicted molar refractivity (Wildman–Crippen MR) is 89.2 cm³/mol. The Bertz CT molecular complexity index is 549. The summed E-state index contributed by atoms with van der Waals surface area (Å²) in [5, 5.41) is 5.12. The van der Waals surface area contributed by atoms with Crippen LogP contribution in [0.3, 0.4) is 0 Å². The van der Waals surface area contributed by atoms with E-state index < -0.39 is 0 Å². The van der Waals surface area contributed by atoms with Crippen molar-refractivity contribution in [2.45, 2.75) is 13.3 Å². The van der Waals surface area contributed by atoms with Gasteiger partial charge in [-0.3, -0.25) is 4.99 Å². The number of thiophene rings is 1. The van der Waals surface area contributed by atoms with E-state index in [2.05, 4.69) is 28.7 Å². The summed E-state index contributed by atoms with van der Waals surface area (Å²) in [4.78, 5) is 5.62. The first-order chi connectivity index (χ1) is 10.2. The maximum Gasteiger partial charge on any atom is 0.188 e. The second-order valence-corrected chi connectivity index (χ2v) is 5.72. The van der Waals surface area contributed by atoms with Gasteiger partial charge in [-0.2, -0.15) is 0 Å². The van der Waals surface area contributed by atoms with Gasteiger partial charge in [-0.05, 0) is 30.5 Å². The summed E-state index contributed by atoms with van der Waals surface area (Å²) in [5.41, 5.74) is 7.02. The van der Waals surface area contributed by atoms with Crippen molar-refractivity contribution in [3.8, 4) is 5.75 Å². The van der Waals surface area contributed by atoms with Gasteiger partial charge in [0.05, 0.1) is 6.54 Å². The van der Waals surface area contributed by atoms with E-state index >= 15 is 0 Å². The highest BCUT2D eigenvalue weighted by atomic mass is 32.1. The zero-order valence-corrected chi connectivity index (χ0v) is 13.0. The van der Waals surface area contributed by atoms with Gasteiger partial charge in [0.15, 0.2) is 5.96 Å². The summed E-state index contributed by atoms with van der Waals surface area (Å²) in [6.45, 7) is 3.96. The first-order valence-electron chi connectivity index (χ1n) is 6.99. The fourth-order valence-electron chi connectivity index (χ4n) is 1.78. The number of aryl methyl sites for hydroxylation is 1. The summed E-state index contributed by atoms with van der Waals surface area (Å²) < 4.78 is 5.60. The molecule has 0 radical (unpaired) electrons. The van der Waals surface area contributed by atoms with E-state index in [0.29, 0.717) is 25.7 Å². The van der Waals surface area contributed by atoms with Gasteiger partial charge in [-0.25, -0.2) is 0 Å². The monoisotopic (exact) mass is 303 g/mol. The Kier molecular flexibility index (Phi) is 6.09. The van der Waals surface area contributed by atoms with E-state index in [-0.39, 0.29) is 0 Å². The number of hydrogen-bond acceptors (Lipinski definition) is 3. The Morgan fingerprint density at radius 3 is 2.81 bits per heavy atom. The molecule has 0 saturated heterocycles. The van der Waals surface area contributed by atoms with Crippen LogP contribution in [-0.4, -0.2) is 25.7 Å². The van der Waals surface area contributed by atoms with Crippen LogP contribution in [0.1, 0.15) is 10.4 Å². The topological polar surface area (TPSA) is 59.6 Å². The van der Waals surface area contributed by atoms with Gasteiger partial charge in [0.25, 0.3) is 0 Å². The largest absolute Gasteiger partial charge is 0.492 e. The van der Waals surface area contributed by atoms with E-state index in [1.54, 1.807) is 11.3 Å². The lowest BCUT2D eigenvalue weighted by Crippen LogP contribution is -2.34. The van der Waals surface area contributed by atoms with Crippen LogP contribution >= 0.6 is 11.3 Å². The lowest BCUT2D eigenvalue weighted by atomic mass is 10.2. The number of nitrogens with one attached hydrogen (secondary N) is 1. The number of benzene rings is 1. The molecule has 21 heavy (non-hydrogen) atoms. The number of nitrogens with zero attached hydrogens (tertiary/aromatic N) is 1. The number of hydrogen-bond donors (Lipinski definition) is 2. The van der Waals surface area contributed by atoms with Gasteiger partial charge in [0.2, 0.25) is 0 Å². The zero-order chi connectivity index (χ0) is 14.9. The molecule has 1 heterocycles. The van der Waals surface area contributed by atoms with Crippen molar-refractivity contribution in [2.75, 3.05) is 19.7 Å². The minimum absolute atomic E-state index is 0.471. The number of nitrogens with two attached hydrogens (primary N) is 1. The summed E-state index contributed by atoms with van der Waals surface area (Å²) >= 11 is 1.74. The number of guanidine groups is 1. The second-order valence-electron chi connectivity index (χ2n) is 4.68. The lowest BCUT2D eigenvalue weighted by molar-refractivity contribution is 0.322. The van der Waals surface area contributed by atoms with Crippen molar-refractivity contribution in [1.82, 2.24) is 5.32 Å². The third kappa shape index (κ3) is 5.87. The molecule has 1 aromatic carbocycles. The van der Waals surface area contributed by atoms with Crippen molar-refractivity contribution in [1.29, 1.82) is 0 Å². The Hall–Kier alpha value is -2.01. The molecule has 0 atom stereocenters. The molecule has 2 aromatic rings. The molecule has 0 amide bonds. The predicted octanol–water partition coefficient (Wildman–Crippen LogP) is 2.58. The fourth-order valence-corrected chi connectivity index (χ4v) is 2.48. The van der Waals surface area contributed by atoms with E-state index in [4.69, 9.17) is 10.5 Å². The van der Waals surface area contributed by atoms with Crippen molar-refractivity contribution < 1.29 is 4.74 Å². The molecule has 0 bridgehead atoms. The molecule has 2 rings (SSSR count). The Morgan fingerprint density at radius 2 is 2.10 bits per heavy atom. The Morgan fingerprint density at radius 1 is 1.29 bits per heavy atom. The van der Waals surface area contributed by atoms with Crippen LogP contribution < -0.4 is 15.8 Å². The molecule has 1 aromatic heterocycles. The highest BCUT2D eigenvalue weighted by molar-refractivity contribution is 7.09. The smallest absolute Gasteiger partial charge is 0.188 e. The van der Waals surface area contributed by atoms with Crippen molar-refractivity contribution in [2.24, 2.45) is 10.7 Å². The third-order valence-corrected chi connectivity index (χ3v) is 3.85. The van der Waals surface area contributed by atoms with Crippen LogP contribution in [-0.2, 0) is 6.42 Å². The molecule has 4 nitrogen and oxygen atoms in total. The van der Waals surface area contributed by atoms with Crippen molar-refractivity contribution in [3.05, 3.63) is 52.2 Å². The maximum absolute atomic E-state index is 5.80. The van der Waals surface area contributed by atoms with Crippen LogP contribution in [0.15, 0.2) is 46.8 Å². The van der Waals surface area contributed by atoms with Crippen LogP contribution in [0.25, 0.3) is 0 Å². The third-order valence-electron chi connectivity index (χ3n) is 2.92. The highest BCUT2D eigenvalue weighted by Crippen LogP contribution is 2.10. The molecule has 0 aliphatic heterocycles. The van der Waals surface area contributed by atoms with Crippen molar-refractivity contribution in [3.63, 3.8) is 0 Å². The van der Waals surface area contributed by atoms with Gasteiger partial charge in [-0.15, -0.1) is 11.3 Å². The second kappa shape index (κ2) is 8.32. The fraction of sp³-hybridized carbons (Fsp3) is 0.312. The molecule has 0 unspecified atom stereocenters. The van der Waals surface area contributed by atoms with Crippen LogP contribution in [0.5, 0.6) is 5.75 Å². The van der Waals surface area contributed by atoms with Gasteiger partial charge in [0, 0.05) is 17.8 Å². The molecule has 5 heteroatoms. The minimum Gasteiger partial charge on any atom is -0.492 e. The van der Waals surface area contributed by atoms with Crippen LogP contribution in [0, 0.1) is 6.92 Å². The van der Waals surface area contributed by atoms with Crippen LogP contribution in [0.4, 0.5) is 0 Å². The summed E-state index contributed by atoms with van der Waals surface area (Å²) in [6, 6.07) is 12.2. The Balaban J connectivity index is 1.60. The number of aliphatic imine (C=N–C) groups is 1. The van der Waals surface area contributed by atoms with Crippen molar-refractivity contribution >= 4 is 17.3 Å². The van der Waals surface area contributed by atoms with Gasteiger partial charge >= 0.3 is 0 Å². The van der Waals surface area contributed by atoms with E-state index in [1.807, 2.05) is 30.3 Å². The summed E-state index contributed by atoms with van der Waals surface area (Å²) in [5.74, 6) is 1.34. The molecular weight excluding hydrogens is 282 g/mol. The molecule has 0 aliphatic rings. The van der Waals surface area contributed by atoms with Gasteiger partial charge in [0.1, 0.15) is 12.4 Å². The van der Waals surface area contributed by atoms with Crippen LogP contribution in [0.2, 0.25) is 0 Å². The average molecular weight is 303 g/mol. The van der Waals surface area contributed by atoms with E-state index in [9.17, 15) is 0 Å².